The summed E-state index contributed by atoms with van der Waals surface area (Å²) in [6.07, 6.45) is 3.36. The minimum atomic E-state index is 0.185. The Morgan fingerprint density at radius 3 is 2.89 bits per heavy atom. The molecule has 1 N–H and O–H groups in total. The van der Waals surface area contributed by atoms with E-state index in [9.17, 15) is 5.11 Å². The highest BCUT2D eigenvalue weighted by molar-refractivity contribution is 6.31. The normalized spacial score (nSPS) is 20.0. The van der Waals surface area contributed by atoms with Crippen LogP contribution in [0.2, 0.25) is 5.02 Å². The number of nitrogens with zero attached hydrogens (tertiary/aromatic N) is 1. The summed E-state index contributed by atoms with van der Waals surface area (Å²) in [4.78, 5) is 2.24. The van der Waals surface area contributed by atoms with E-state index in [0.29, 0.717) is 5.02 Å². The summed E-state index contributed by atoms with van der Waals surface area (Å²) in [5.41, 5.74) is 2.08. The molecule has 1 unspecified atom stereocenters. The molecule has 1 atom stereocenters. The van der Waals surface area contributed by atoms with E-state index in [4.69, 9.17) is 16.3 Å². The second kappa shape index (κ2) is 5.81. The molecule has 2 rings (SSSR count). The van der Waals surface area contributed by atoms with E-state index in [1.54, 1.807) is 7.11 Å². The minimum Gasteiger partial charge on any atom is -0.495 e. The summed E-state index contributed by atoms with van der Waals surface area (Å²) in [7, 11) is 1.66. The maximum Gasteiger partial charge on any atom is 0.143 e. The molecule has 0 radical (unpaired) electrons. The molecule has 0 amide bonds. The van der Waals surface area contributed by atoms with Gasteiger partial charge in [0.2, 0.25) is 0 Å². The van der Waals surface area contributed by atoms with Crippen molar-refractivity contribution in [3.05, 3.63) is 22.7 Å². The van der Waals surface area contributed by atoms with Crippen LogP contribution in [0.25, 0.3) is 0 Å². The van der Waals surface area contributed by atoms with Gasteiger partial charge >= 0.3 is 0 Å². The van der Waals surface area contributed by atoms with Gasteiger partial charge in [0.05, 0.1) is 25.4 Å². The summed E-state index contributed by atoms with van der Waals surface area (Å²) in [5, 5.41) is 10.2. The summed E-state index contributed by atoms with van der Waals surface area (Å²) < 4.78 is 5.42. The highest BCUT2D eigenvalue weighted by Gasteiger charge is 2.24. The quantitative estimate of drug-likeness (QED) is 0.916. The molecule has 1 aromatic carbocycles. The highest BCUT2D eigenvalue weighted by atomic mass is 35.5. The summed E-state index contributed by atoms with van der Waals surface area (Å²) in [5.74, 6) is 0.783. The fourth-order valence-electron chi connectivity index (χ4n) is 2.54. The van der Waals surface area contributed by atoms with E-state index >= 15 is 0 Å². The average Bonchev–Trinajstić information content (AvgIpc) is 2.41. The molecule has 18 heavy (non-hydrogen) atoms. The summed E-state index contributed by atoms with van der Waals surface area (Å²) >= 11 is 6.13. The van der Waals surface area contributed by atoms with Crippen molar-refractivity contribution in [3.63, 3.8) is 0 Å². The second-order valence-electron chi connectivity index (χ2n) is 4.80. The number of ether oxygens (including phenoxy) is 1. The van der Waals surface area contributed by atoms with Crippen molar-refractivity contribution in [2.45, 2.75) is 32.2 Å². The average molecular weight is 270 g/mol. The van der Waals surface area contributed by atoms with Gasteiger partial charge in [0, 0.05) is 17.6 Å². The zero-order chi connectivity index (χ0) is 13.1. The number of halogens is 1. The van der Waals surface area contributed by atoms with Gasteiger partial charge in [-0.15, -0.1) is 0 Å². The van der Waals surface area contributed by atoms with Gasteiger partial charge in [0.15, 0.2) is 0 Å². The number of benzene rings is 1. The van der Waals surface area contributed by atoms with Crippen molar-refractivity contribution in [2.24, 2.45) is 0 Å². The number of anilines is 1. The zero-order valence-electron chi connectivity index (χ0n) is 10.9. The molecule has 1 heterocycles. The van der Waals surface area contributed by atoms with Crippen LogP contribution in [0.1, 0.15) is 24.8 Å². The molecular weight excluding hydrogens is 250 g/mol. The van der Waals surface area contributed by atoms with Crippen LogP contribution in [0.4, 0.5) is 5.69 Å². The first-order valence-corrected chi connectivity index (χ1v) is 6.76. The molecule has 0 saturated carbocycles. The Balaban J connectivity index is 2.38. The van der Waals surface area contributed by atoms with Crippen molar-refractivity contribution in [1.29, 1.82) is 0 Å². The molecule has 0 aliphatic carbocycles. The zero-order valence-corrected chi connectivity index (χ0v) is 11.7. The SMILES string of the molecule is COc1cc(Cl)c(C)cc1N1CCCCC1CO. The third-order valence-corrected chi connectivity index (χ3v) is 4.01. The van der Waals surface area contributed by atoms with Gasteiger partial charge < -0.3 is 14.7 Å². The van der Waals surface area contributed by atoms with Gasteiger partial charge in [-0.25, -0.2) is 0 Å². The Labute approximate surface area is 113 Å². The van der Waals surface area contributed by atoms with E-state index < -0.39 is 0 Å². The monoisotopic (exact) mass is 269 g/mol. The number of aryl methyl sites for hydroxylation is 1. The first-order chi connectivity index (χ1) is 8.67. The van der Waals surface area contributed by atoms with Gasteiger partial charge in [0.25, 0.3) is 0 Å². The van der Waals surface area contributed by atoms with Crippen LogP contribution in [0, 0.1) is 6.92 Å². The third-order valence-electron chi connectivity index (χ3n) is 3.61. The molecule has 1 aliphatic rings. The lowest BCUT2D eigenvalue weighted by Gasteiger charge is -2.37. The molecule has 1 aliphatic heterocycles. The van der Waals surface area contributed by atoms with E-state index in [-0.39, 0.29) is 12.6 Å². The number of hydrogen-bond acceptors (Lipinski definition) is 3. The lowest BCUT2D eigenvalue weighted by atomic mass is 10.0. The van der Waals surface area contributed by atoms with Crippen LogP contribution in [0.3, 0.4) is 0 Å². The van der Waals surface area contributed by atoms with Crippen LogP contribution in [0.5, 0.6) is 5.75 Å². The predicted molar refractivity (Wildman–Crippen MR) is 74.8 cm³/mol. The number of rotatable bonds is 3. The topological polar surface area (TPSA) is 32.7 Å². The summed E-state index contributed by atoms with van der Waals surface area (Å²) in [6, 6.07) is 4.10. The van der Waals surface area contributed by atoms with Gasteiger partial charge in [-0.05, 0) is 37.8 Å². The van der Waals surface area contributed by atoms with E-state index in [1.165, 1.54) is 6.42 Å². The fourth-order valence-corrected chi connectivity index (χ4v) is 2.70. The molecule has 100 valence electrons. The summed E-state index contributed by atoms with van der Waals surface area (Å²) in [6.45, 7) is 3.14. The standard InChI is InChI=1S/C14H20ClNO2/c1-10-7-13(14(18-2)8-12(10)15)16-6-4-3-5-11(16)9-17/h7-8,11,17H,3-6,9H2,1-2H3. The van der Waals surface area contributed by atoms with Crippen molar-refractivity contribution in [3.8, 4) is 5.75 Å². The number of aliphatic hydroxyl groups is 1. The predicted octanol–water partition coefficient (Wildman–Crippen LogP) is 3.01. The van der Waals surface area contributed by atoms with Crippen LogP contribution >= 0.6 is 11.6 Å². The maximum absolute atomic E-state index is 9.50. The van der Waals surface area contributed by atoms with Crippen LogP contribution < -0.4 is 9.64 Å². The van der Waals surface area contributed by atoms with E-state index in [1.807, 2.05) is 13.0 Å². The smallest absolute Gasteiger partial charge is 0.143 e. The molecular formula is C14H20ClNO2. The second-order valence-corrected chi connectivity index (χ2v) is 5.21. The largest absolute Gasteiger partial charge is 0.495 e. The Morgan fingerprint density at radius 1 is 1.44 bits per heavy atom. The molecule has 3 nitrogen and oxygen atoms in total. The maximum atomic E-state index is 9.50. The van der Waals surface area contributed by atoms with Gasteiger partial charge in [-0.1, -0.05) is 11.6 Å². The van der Waals surface area contributed by atoms with Crippen molar-refractivity contribution in [2.75, 3.05) is 25.2 Å². The first kappa shape index (κ1) is 13.5. The van der Waals surface area contributed by atoms with Gasteiger partial charge in [-0.2, -0.15) is 0 Å². The first-order valence-electron chi connectivity index (χ1n) is 6.39. The van der Waals surface area contributed by atoms with Crippen molar-refractivity contribution >= 4 is 17.3 Å². The lowest BCUT2D eigenvalue weighted by Crippen LogP contribution is -2.42. The van der Waals surface area contributed by atoms with Crippen molar-refractivity contribution in [1.82, 2.24) is 0 Å². The molecule has 0 aromatic heterocycles. The van der Waals surface area contributed by atoms with Crippen molar-refractivity contribution < 1.29 is 9.84 Å². The van der Waals surface area contributed by atoms with Crippen LogP contribution in [-0.4, -0.2) is 31.4 Å². The van der Waals surface area contributed by atoms with Gasteiger partial charge in [-0.3, -0.25) is 0 Å². The molecule has 4 heteroatoms. The molecule has 0 spiro atoms. The number of piperidine rings is 1. The van der Waals surface area contributed by atoms with Gasteiger partial charge in [0.1, 0.15) is 5.75 Å². The number of aliphatic hydroxyl groups excluding tert-OH is 1. The number of hydrogen-bond donors (Lipinski definition) is 1. The van der Waals surface area contributed by atoms with Crippen LogP contribution in [0.15, 0.2) is 12.1 Å². The third kappa shape index (κ3) is 2.57. The lowest BCUT2D eigenvalue weighted by molar-refractivity contribution is 0.239. The highest BCUT2D eigenvalue weighted by Crippen LogP contribution is 2.36. The van der Waals surface area contributed by atoms with E-state index in [2.05, 4.69) is 11.0 Å². The molecule has 1 saturated heterocycles. The fraction of sp³-hybridized carbons (Fsp3) is 0.571. The molecule has 1 fully saturated rings. The van der Waals surface area contributed by atoms with E-state index in [0.717, 1.165) is 36.4 Å². The van der Waals surface area contributed by atoms with Crippen LogP contribution in [-0.2, 0) is 0 Å². The number of methoxy groups -OCH3 is 1. The minimum absolute atomic E-state index is 0.185. The Kier molecular flexibility index (Phi) is 4.36. The molecule has 1 aromatic rings. The molecule has 0 bridgehead atoms. The Hall–Kier alpha value is -0.930. The Morgan fingerprint density at radius 2 is 2.22 bits per heavy atom. The Bertz CT molecular complexity index is 423.